The zero-order valence-corrected chi connectivity index (χ0v) is 17.6. The molecule has 0 N–H and O–H groups in total. The molecule has 11 heteroatoms. The van der Waals surface area contributed by atoms with Gasteiger partial charge >= 0.3 is 0 Å². The van der Waals surface area contributed by atoms with E-state index < -0.39 is 10.5 Å². The molecule has 2 aromatic carbocycles. The van der Waals surface area contributed by atoms with Crippen LogP contribution in [-0.4, -0.2) is 25.4 Å². The molecule has 2 aromatic heterocycles. The van der Waals surface area contributed by atoms with Crippen LogP contribution in [0.5, 0.6) is 0 Å². The minimum atomic E-state index is -0.560. The normalized spacial score (nSPS) is 10.9. The summed E-state index contributed by atoms with van der Waals surface area (Å²) in [6, 6.07) is 10.8. The number of thiazole rings is 1. The average molecular weight is 456 g/mol. The highest BCUT2D eigenvalue weighted by Gasteiger charge is 2.19. The second kappa shape index (κ2) is 8.25. The van der Waals surface area contributed by atoms with Crippen LogP contribution in [0.2, 0.25) is 5.02 Å². The van der Waals surface area contributed by atoms with Crippen LogP contribution in [0.25, 0.3) is 10.9 Å². The molecule has 0 spiro atoms. The highest BCUT2D eigenvalue weighted by Crippen LogP contribution is 2.30. The Balaban J connectivity index is 1.68. The average Bonchev–Trinajstić information content (AvgIpc) is 3.17. The lowest BCUT2D eigenvalue weighted by Gasteiger charge is -2.18. The smallest absolute Gasteiger partial charge is 0.270 e. The maximum Gasteiger partial charge on any atom is 0.270 e. The van der Waals surface area contributed by atoms with Crippen LogP contribution < -0.4 is 10.5 Å². The van der Waals surface area contributed by atoms with Crippen molar-refractivity contribution in [3.8, 4) is 0 Å². The molecule has 156 valence electrons. The predicted octanol–water partition coefficient (Wildman–Crippen LogP) is 4.15. The van der Waals surface area contributed by atoms with E-state index in [-0.39, 0.29) is 23.5 Å². The molecule has 0 radical (unpaired) electrons. The summed E-state index contributed by atoms with van der Waals surface area (Å²) in [5.41, 5.74) is 0.898. The second-order valence-corrected chi connectivity index (χ2v) is 7.86. The van der Waals surface area contributed by atoms with Crippen LogP contribution >= 0.6 is 22.9 Å². The highest BCUT2D eigenvalue weighted by molar-refractivity contribution is 7.14. The molecule has 0 atom stereocenters. The molecule has 9 nitrogen and oxygen atoms in total. The summed E-state index contributed by atoms with van der Waals surface area (Å²) in [7, 11) is 0. The minimum absolute atomic E-state index is 0.0995. The van der Waals surface area contributed by atoms with Crippen LogP contribution in [0.1, 0.15) is 12.6 Å². The van der Waals surface area contributed by atoms with Crippen LogP contribution in [-0.2, 0) is 11.3 Å². The number of aromatic nitrogens is 3. The number of fused-ring (bicyclic) bond motifs is 1. The van der Waals surface area contributed by atoms with E-state index in [2.05, 4.69) is 9.97 Å². The fourth-order valence-electron chi connectivity index (χ4n) is 3.06. The summed E-state index contributed by atoms with van der Waals surface area (Å²) >= 11 is 7.29. The predicted molar refractivity (Wildman–Crippen MR) is 118 cm³/mol. The molecule has 0 saturated carbocycles. The van der Waals surface area contributed by atoms with Gasteiger partial charge in [0, 0.05) is 29.5 Å². The van der Waals surface area contributed by atoms with Gasteiger partial charge in [0.25, 0.3) is 11.2 Å². The van der Waals surface area contributed by atoms with Gasteiger partial charge in [0.05, 0.1) is 40.1 Å². The van der Waals surface area contributed by atoms with Gasteiger partial charge in [0.2, 0.25) is 5.91 Å². The maximum absolute atomic E-state index is 12.8. The number of benzene rings is 2. The number of halogens is 1. The molecule has 0 aliphatic carbocycles. The molecular weight excluding hydrogens is 442 g/mol. The molecule has 31 heavy (non-hydrogen) atoms. The van der Waals surface area contributed by atoms with Crippen LogP contribution in [0, 0.1) is 10.1 Å². The molecule has 0 saturated heterocycles. The van der Waals surface area contributed by atoms with Gasteiger partial charge < -0.3 is 0 Å². The third kappa shape index (κ3) is 4.16. The standard InChI is InChI=1S/C20H14ClN5O4S/c1-12(27)25(15-4-2-3-13(21)7-15)20-23-14(10-31-20)9-24-11-22-18-6-5-16(26(29)30)8-17(18)19(24)28/h2-8,10-11H,9H2,1H3. The van der Waals surface area contributed by atoms with Crippen molar-refractivity contribution in [1.29, 1.82) is 0 Å². The lowest BCUT2D eigenvalue weighted by Crippen LogP contribution is -2.23. The van der Waals surface area contributed by atoms with E-state index in [4.69, 9.17) is 11.6 Å². The number of hydrogen-bond acceptors (Lipinski definition) is 7. The van der Waals surface area contributed by atoms with Crippen molar-refractivity contribution in [2.75, 3.05) is 4.90 Å². The summed E-state index contributed by atoms with van der Waals surface area (Å²) in [4.78, 5) is 45.6. The van der Waals surface area contributed by atoms with Crippen molar-refractivity contribution in [3.63, 3.8) is 0 Å². The summed E-state index contributed by atoms with van der Waals surface area (Å²) < 4.78 is 1.32. The first-order valence-electron chi connectivity index (χ1n) is 8.98. The maximum atomic E-state index is 12.8. The molecule has 4 rings (SSSR count). The monoisotopic (exact) mass is 455 g/mol. The van der Waals surface area contributed by atoms with Gasteiger partial charge in [0.15, 0.2) is 5.13 Å². The van der Waals surface area contributed by atoms with Crippen LogP contribution in [0.15, 0.2) is 59.0 Å². The number of rotatable bonds is 5. The van der Waals surface area contributed by atoms with Crippen molar-refractivity contribution in [2.45, 2.75) is 13.5 Å². The van der Waals surface area contributed by atoms with E-state index in [1.54, 1.807) is 29.6 Å². The zero-order chi connectivity index (χ0) is 22.1. The molecule has 0 bridgehead atoms. The van der Waals surface area contributed by atoms with E-state index in [0.29, 0.717) is 27.1 Å². The number of carbonyl (C=O) groups is 1. The van der Waals surface area contributed by atoms with E-state index >= 15 is 0 Å². The summed E-state index contributed by atoms with van der Waals surface area (Å²) in [5, 5.41) is 13.8. The molecule has 0 aliphatic heterocycles. The van der Waals surface area contributed by atoms with Crippen molar-refractivity contribution >= 4 is 56.3 Å². The van der Waals surface area contributed by atoms with Crippen LogP contribution in [0.3, 0.4) is 0 Å². The van der Waals surface area contributed by atoms with Crippen molar-refractivity contribution in [1.82, 2.24) is 14.5 Å². The Morgan fingerprint density at radius 3 is 2.81 bits per heavy atom. The Bertz CT molecular complexity index is 1380. The molecule has 1 amide bonds. The number of carbonyl (C=O) groups excluding carboxylic acids is 1. The first-order valence-corrected chi connectivity index (χ1v) is 10.2. The van der Waals surface area contributed by atoms with Crippen LogP contribution in [0.4, 0.5) is 16.5 Å². The molecular formula is C20H14ClN5O4S. The van der Waals surface area contributed by atoms with Gasteiger partial charge in [-0.25, -0.2) is 9.97 Å². The lowest BCUT2D eigenvalue weighted by molar-refractivity contribution is -0.384. The SMILES string of the molecule is CC(=O)N(c1cccc(Cl)c1)c1nc(Cn2cnc3ccc([N+](=O)[O-])cc3c2=O)cs1. The minimum Gasteiger partial charge on any atom is -0.293 e. The molecule has 0 aliphatic rings. The first kappa shape index (κ1) is 20.6. The number of amides is 1. The van der Waals surface area contributed by atoms with E-state index in [1.165, 1.54) is 52.3 Å². The second-order valence-electron chi connectivity index (χ2n) is 6.59. The number of non-ortho nitro benzene ring substituents is 1. The number of nitro groups is 1. The number of hydrogen-bond donors (Lipinski definition) is 0. The summed E-state index contributed by atoms with van der Waals surface area (Å²) in [6.07, 6.45) is 1.37. The summed E-state index contributed by atoms with van der Waals surface area (Å²) in [5.74, 6) is -0.236. The Kier molecular flexibility index (Phi) is 5.49. The van der Waals surface area contributed by atoms with Gasteiger partial charge in [-0.15, -0.1) is 11.3 Å². The van der Waals surface area contributed by atoms with Crippen molar-refractivity contribution in [2.24, 2.45) is 0 Å². The fraction of sp³-hybridized carbons (Fsp3) is 0.100. The highest BCUT2D eigenvalue weighted by atomic mass is 35.5. The Morgan fingerprint density at radius 2 is 2.10 bits per heavy atom. The molecule has 0 fully saturated rings. The Hall–Kier alpha value is -3.63. The van der Waals surface area contributed by atoms with E-state index in [0.717, 1.165) is 0 Å². The van der Waals surface area contributed by atoms with Gasteiger partial charge in [-0.3, -0.25) is 29.2 Å². The quantitative estimate of drug-likeness (QED) is 0.330. The number of anilines is 2. The molecule has 0 unspecified atom stereocenters. The number of nitro benzene ring substituents is 1. The molecule has 4 aromatic rings. The van der Waals surface area contributed by atoms with E-state index in [9.17, 15) is 19.7 Å². The number of nitrogens with zero attached hydrogens (tertiary/aromatic N) is 5. The largest absolute Gasteiger partial charge is 0.293 e. The topological polar surface area (TPSA) is 111 Å². The zero-order valence-electron chi connectivity index (χ0n) is 16.1. The Labute approximate surface area is 184 Å². The van der Waals surface area contributed by atoms with Gasteiger partial charge in [-0.05, 0) is 24.3 Å². The van der Waals surface area contributed by atoms with Crippen molar-refractivity contribution in [3.05, 3.63) is 85.4 Å². The fourth-order valence-corrected chi connectivity index (χ4v) is 4.12. The Morgan fingerprint density at radius 1 is 1.29 bits per heavy atom. The van der Waals surface area contributed by atoms with Gasteiger partial charge in [-0.2, -0.15) is 0 Å². The van der Waals surface area contributed by atoms with Gasteiger partial charge in [-0.1, -0.05) is 17.7 Å². The summed E-state index contributed by atoms with van der Waals surface area (Å²) in [6.45, 7) is 1.52. The van der Waals surface area contributed by atoms with Gasteiger partial charge in [0.1, 0.15) is 0 Å². The first-order chi connectivity index (χ1) is 14.8. The lowest BCUT2D eigenvalue weighted by atomic mass is 10.2. The molecule has 2 heterocycles. The van der Waals surface area contributed by atoms with E-state index in [1.807, 2.05) is 0 Å². The third-order valence-corrected chi connectivity index (χ3v) is 5.57. The van der Waals surface area contributed by atoms with Crippen molar-refractivity contribution < 1.29 is 9.72 Å². The third-order valence-electron chi connectivity index (χ3n) is 4.46.